The Bertz CT molecular complexity index is 1130. The van der Waals surface area contributed by atoms with Gasteiger partial charge in [0.25, 0.3) is 0 Å². The van der Waals surface area contributed by atoms with Gasteiger partial charge in [-0.1, -0.05) is 24.3 Å². The highest BCUT2D eigenvalue weighted by atomic mass is 19.1. The number of carbonyl (C=O) groups excluding carboxylic acids is 1. The second-order valence-electron chi connectivity index (χ2n) is 6.96. The lowest BCUT2D eigenvalue weighted by molar-refractivity contribution is 0.0861. The number of carbonyl (C=O) groups is 1. The fourth-order valence-electron chi connectivity index (χ4n) is 3.56. The largest absolute Gasteiger partial charge is 0.478 e. The van der Waals surface area contributed by atoms with E-state index >= 15 is 0 Å². The van der Waals surface area contributed by atoms with Crippen LogP contribution < -0.4 is 9.47 Å². The molecule has 1 aromatic heterocycles. The maximum Gasteiger partial charge on any atom is 0.231 e. The Labute approximate surface area is 167 Å². The zero-order valence-corrected chi connectivity index (χ0v) is 15.5. The van der Waals surface area contributed by atoms with E-state index < -0.39 is 5.82 Å². The van der Waals surface area contributed by atoms with Crippen molar-refractivity contribution in [2.75, 3.05) is 6.73 Å². The number of rotatable bonds is 3. The van der Waals surface area contributed by atoms with E-state index in [4.69, 9.17) is 9.47 Å². The van der Waals surface area contributed by atoms with Gasteiger partial charge in [0.05, 0.1) is 16.8 Å². The zero-order chi connectivity index (χ0) is 19.8. The maximum atomic E-state index is 14.0. The number of benzene rings is 2. The monoisotopic (exact) mass is 388 g/mol. The molecule has 29 heavy (non-hydrogen) atoms. The lowest BCUT2D eigenvalue weighted by atomic mass is 10.0. The lowest BCUT2D eigenvalue weighted by Gasteiger charge is -2.29. The molecule has 2 aliphatic heterocycles. The highest BCUT2D eigenvalue weighted by molar-refractivity contribution is 6.15. The van der Waals surface area contributed by atoms with E-state index in [0.29, 0.717) is 42.4 Å². The molecule has 0 saturated carbocycles. The van der Waals surface area contributed by atoms with Crippen molar-refractivity contribution in [1.29, 1.82) is 0 Å². The van der Waals surface area contributed by atoms with Gasteiger partial charge in [-0.3, -0.25) is 14.7 Å². The molecule has 0 unspecified atom stereocenters. The van der Waals surface area contributed by atoms with Crippen molar-refractivity contribution in [2.45, 2.75) is 13.1 Å². The number of hydrogen-bond acceptors (Lipinski definition) is 5. The predicted molar refractivity (Wildman–Crippen MR) is 105 cm³/mol. The summed E-state index contributed by atoms with van der Waals surface area (Å²) in [6, 6.07) is 15.5. The van der Waals surface area contributed by atoms with Crippen LogP contribution >= 0.6 is 0 Å². The molecule has 0 radical (unpaired) electrons. The van der Waals surface area contributed by atoms with Crippen molar-refractivity contribution < 1.29 is 18.7 Å². The molecular formula is C23H17FN2O3. The van der Waals surface area contributed by atoms with E-state index in [1.807, 2.05) is 18.2 Å². The van der Waals surface area contributed by atoms with Crippen molar-refractivity contribution >= 4 is 11.9 Å². The fraction of sp³-hybridized carbons (Fsp3) is 0.130. The Hall–Kier alpha value is -3.51. The second kappa shape index (κ2) is 7.14. The van der Waals surface area contributed by atoms with Crippen LogP contribution in [-0.2, 0) is 13.1 Å². The molecule has 0 aliphatic carbocycles. The molecule has 0 fully saturated rings. The third kappa shape index (κ3) is 3.28. The van der Waals surface area contributed by atoms with Gasteiger partial charge in [-0.15, -0.1) is 0 Å². The molecule has 0 N–H and O–H groups in total. The number of nitrogens with zero attached hydrogens (tertiary/aromatic N) is 2. The zero-order valence-electron chi connectivity index (χ0n) is 15.5. The second-order valence-corrected chi connectivity index (χ2v) is 6.96. The van der Waals surface area contributed by atoms with Gasteiger partial charge in [0.1, 0.15) is 24.0 Å². The Morgan fingerprint density at radius 1 is 1.10 bits per heavy atom. The van der Waals surface area contributed by atoms with Gasteiger partial charge in [0.15, 0.2) is 5.76 Å². The molecule has 0 spiro atoms. The third-order valence-corrected chi connectivity index (χ3v) is 4.99. The lowest BCUT2D eigenvalue weighted by Crippen LogP contribution is -2.32. The van der Waals surface area contributed by atoms with Crippen LogP contribution in [0, 0.1) is 5.82 Å². The highest BCUT2D eigenvalue weighted by Crippen LogP contribution is 2.42. The van der Waals surface area contributed by atoms with Crippen molar-refractivity contribution in [3.05, 3.63) is 94.8 Å². The van der Waals surface area contributed by atoms with E-state index in [1.54, 1.807) is 36.5 Å². The summed E-state index contributed by atoms with van der Waals surface area (Å²) in [5, 5.41) is 0. The van der Waals surface area contributed by atoms with E-state index in [2.05, 4.69) is 9.88 Å². The molecule has 6 heteroatoms. The Kier molecular flexibility index (Phi) is 4.33. The van der Waals surface area contributed by atoms with E-state index in [1.165, 1.54) is 12.1 Å². The summed E-state index contributed by atoms with van der Waals surface area (Å²) < 4.78 is 25.8. The van der Waals surface area contributed by atoms with Crippen LogP contribution in [0.5, 0.6) is 11.5 Å². The first-order chi connectivity index (χ1) is 14.2. The van der Waals surface area contributed by atoms with E-state index in [9.17, 15) is 9.18 Å². The Morgan fingerprint density at radius 2 is 1.97 bits per heavy atom. The molecule has 5 nitrogen and oxygen atoms in total. The minimum Gasteiger partial charge on any atom is -0.478 e. The van der Waals surface area contributed by atoms with Gasteiger partial charge in [-0.05, 0) is 36.4 Å². The van der Waals surface area contributed by atoms with Crippen molar-refractivity contribution in [2.24, 2.45) is 0 Å². The smallest absolute Gasteiger partial charge is 0.231 e. The summed E-state index contributed by atoms with van der Waals surface area (Å²) in [7, 11) is 0. The standard InChI is InChI=1S/C23H17FN2O3/c24-19-7-2-1-5-15(19)11-21-22(27)17-8-9-20-18(23(17)29-21)13-26(14-28-20)12-16-6-3-4-10-25-16/h1-11H,12-14H2/b21-11-. The quantitative estimate of drug-likeness (QED) is 0.630. The first-order valence-electron chi connectivity index (χ1n) is 9.29. The molecule has 0 atom stereocenters. The number of fused-ring (bicyclic) bond motifs is 3. The van der Waals surface area contributed by atoms with Crippen molar-refractivity contribution in [3.63, 3.8) is 0 Å². The van der Waals surface area contributed by atoms with Gasteiger partial charge in [-0.25, -0.2) is 4.39 Å². The van der Waals surface area contributed by atoms with Gasteiger partial charge >= 0.3 is 0 Å². The van der Waals surface area contributed by atoms with Crippen LogP contribution in [-0.4, -0.2) is 22.4 Å². The minimum absolute atomic E-state index is 0.111. The SMILES string of the molecule is O=C1/C(=C/c2ccccc2F)Oc2c1ccc1c2CN(Cc2ccccn2)CO1. The molecule has 3 aromatic rings. The van der Waals surface area contributed by atoms with Gasteiger partial charge in [0, 0.05) is 24.8 Å². The van der Waals surface area contributed by atoms with Crippen molar-refractivity contribution in [1.82, 2.24) is 9.88 Å². The number of hydrogen-bond donors (Lipinski definition) is 0. The topological polar surface area (TPSA) is 51.7 Å². The Morgan fingerprint density at radius 3 is 2.79 bits per heavy atom. The van der Waals surface area contributed by atoms with Crippen LogP contribution in [0.4, 0.5) is 4.39 Å². The number of ether oxygens (including phenoxy) is 2. The van der Waals surface area contributed by atoms with Crippen LogP contribution in [0.1, 0.15) is 27.2 Å². The number of ketones is 1. The van der Waals surface area contributed by atoms with E-state index in [-0.39, 0.29) is 11.5 Å². The molecule has 0 amide bonds. The average molecular weight is 388 g/mol. The summed E-state index contributed by atoms with van der Waals surface area (Å²) in [5.74, 6) is 0.634. The summed E-state index contributed by atoms with van der Waals surface area (Å²) in [5.41, 5.74) is 2.53. The third-order valence-electron chi connectivity index (χ3n) is 4.99. The summed E-state index contributed by atoms with van der Waals surface area (Å²) >= 11 is 0. The highest BCUT2D eigenvalue weighted by Gasteiger charge is 2.33. The average Bonchev–Trinajstić information content (AvgIpc) is 3.06. The van der Waals surface area contributed by atoms with Gasteiger partial charge in [-0.2, -0.15) is 0 Å². The summed E-state index contributed by atoms with van der Waals surface area (Å²) in [6.07, 6.45) is 3.20. The number of Topliss-reactive ketones (excluding diaryl/α,β-unsaturated/α-hetero) is 1. The predicted octanol–water partition coefficient (Wildman–Crippen LogP) is 4.19. The summed E-state index contributed by atoms with van der Waals surface area (Å²) in [6.45, 7) is 1.61. The van der Waals surface area contributed by atoms with Crippen LogP contribution in [0.3, 0.4) is 0 Å². The number of pyridine rings is 1. The molecule has 2 aliphatic rings. The fourth-order valence-corrected chi connectivity index (χ4v) is 3.56. The normalized spacial score (nSPS) is 16.9. The number of halogens is 1. The number of allylic oxidation sites excluding steroid dienone is 1. The first kappa shape index (κ1) is 17.6. The molecule has 144 valence electrons. The summed E-state index contributed by atoms with van der Waals surface area (Å²) in [4.78, 5) is 19.2. The van der Waals surface area contributed by atoms with Gasteiger partial charge < -0.3 is 9.47 Å². The Balaban J connectivity index is 1.45. The molecule has 5 rings (SSSR count). The van der Waals surface area contributed by atoms with Crippen LogP contribution in [0.25, 0.3) is 6.08 Å². The maximum absolute atomic E-state index is 14.0. The van der Waals surface area contributed by atoms with Crippen LogP contribution in [0.2, 0.25) is 0 Å². The van der Waals surface area contributed by atoms with E-state index in [0.717, 1.165) is 11.3 Å². The van der Waals surface area contributed by atoms with Crippen LogP contribution in [0.15, 0.2) is 66.6 Å². The minimum atomic E-state index is -0.403. The number of aromatic nitrogens is 1. The first-order valence-corrected chi connectivity index (χ1v) is 9.29. The molecule has 3 heterocycles. The van der Waals surface area contributed by atoms with Gasteiger partial charge in [0.2, 0.25) is 5.78 Å². The molecular weight excluding hydrogens is 371 g/mol. The molecule has 0 saturated heterocycles. The molecule has 2 aromatic carbocycles. The molecule has 0 bridgehead atoms. The van der Waals surface area contributed by atoms with Crippen molar-refractivity contribution in [3.8, 4) is 11.5 Å².